The summed E-state index contributed by atoms with van der Waals surface area (Å²) < 4.78 is 30.6. The lowest BCUT2D eigenvalue weighted by atomic mass is 9.91. The molecule has 1 saturated heterocycles. The number of hydrogen-bond acceptors (Lipinski definition) is 6. The summed E-state index contributed by atoms with van der Waals surface area (Å²) in [6.07, 6.45) is 7.34. The monoisotopic (exact) mass is 430 g/mol. The second kappa shape index (κ2) is 16.2. The summed E-state index contributed by atoms with van der Waals surface area (Å²) >= 11 is 0. The molecule has 0 saturated carbocycles. The molecule has 1 rings (SSSR count). The van der Waals surface area contributed by atoms with Crippen LogP contribution in [0, 0.1) is 0 Å². The maximum absolute atomic E-state index is 11.3. The van der Waals surface area contributed by atoms with Crippen LogP contribution in [0.5, 0.6) is 0 Å². The molecular formula is C24H46O6. The Morgan fingerprint density at radius 2 is 1.30 bits per heavy atom. The van der Waals surface area contributed by atoms with E-state index in [1.54, 1.807) is 0 Å². The highest BCUT2D eigenvalue weighted by Crippen LogP contribution is 2.35. The van der Waals surface area contributed by atoms with Gasteiger partial charge in [0.25, 0.3) is 0 Å². The van der Waals surface area contributed by atoms with E-state index in [0.717, 1.165) is 51.4 Å². The average molecular weight is 431 g/mol. The molecule has 30 heavy (non-hydrogen) atoms. The van der Waals surface area contributed by atoms with Gasteiger partial charge in [-0.15, -0.1) is 0 Å². The van der Waals surface area contributed by atoms with Gasteiger partial charge in [0.2, 0.25) is 5.79 Å². The van der Waals surface area contributed by atoms with Crippen LogP contribution in [-0.2, 0) is 23.7 Å². The molecule has 6 heteroatoms. The van der Waals surface area contributed by atoms with Crippen molar-refractivity contribution in [1.29, 1.82) is 0 Å². The first-order valence-electron chi connectivity index (χ1n) is 12.0. The molecule has 0 amide bonds. The molecule has 1 aliphatic rings. The van der Waals surface area contributed by atoms with Gasteiger partial charge in [0, 0.05) is 26.4 Å². The van der Waals surface area contributed by atoms with Gasteiger partial charge in [-0.25, -0.2) is 0 Å². The maximum atomic E-state index is 11.3. The zero-order valence-electron chi connectivity index (χ0n) is 19.8. The quantitative estimate of drug-likeness (QED) is 0.253. The van der Waals surface area contributed by atoms with E-state index in [-0.39, 0.29) is 6.10 Å². The lowest BCUT2D eigenvalue weighted by Crippen LogP contribution is -2.66. The molecule has 1 N–H and O–H groups in total. The summed E-state index contributed by atoms with van der Waals surface area (Å²) in [7, 11) is 0. The summed E-state index contributed by atoms with van der Waals surface area (Å²) in [4.78, 5) is 0. The minimum atomic E-state index is -1.64. The van der Waals surface area contributed by atoms with E-state index in [1.807, 2.05) is 0 Å². The van der Waals surface area contributed by atoms with Crippen molar-refractivity contribution >= 4 is 0 Å². The van der Waals surface area contributed by atoms with Crippen molar-refractivity contribution in [3.05, 3.63) is 12.7 Å². The molecule has 0 aromatic rings. The van der Waals surface area contributed by atoms with Crippen molar-refractivity contribution in [3.8, 4) is 0 Å². The molecule has 1 heterocycles. The molecule has 0 radical (unpaired) electrons. The SMILES string of the molecule is C=C[C@]1(O)OC(COCCCC)[C@@H](OCCCC)[C@H](OCCCC)C1OCCCC. The summed E-state index contributed by atoms with van der Waals surface area (Å²) in [5, 5.41) is 11.3. The molecule has 1 fully saturated rings. The first kappa shape index (κ1) is 27.5. The third-order valence-corrected chi connectivity index (χ3v) is 5.36. The first-order chi connectivity index (χ1) is 14.6. The predicted molar refractivity (Wildman–Crippen MR) is 120 cm³/mol. The van der Waals surface area contributed by atoms with Crippen molar-refractivity contribution in [2.75, 3.05) is 33.0 Å². The van der Waals surface area contributed by atoms with Gasteiger partial charge in [0.05, 0.1) is 6.61 Å². The Bertz CT molecular complexity index is 432. The van der Waals surface area contributed by atoms with Crippen molar-refractivity contribution in [1.82, 2.24) is 0 Å². The number of aliphatic hydroxyl groups is 1. The molecular weight excluding hydrogens is 384 g/mol. The Labute approximate surface area is 184 Å². The van der Waals surface area contributed by atoms with E-state index in [9.17, 15) is 5.11 Å². The highest BCUT2D eigenvalue weighted by molar-refractivity contribution is 5.06. The Hall–Kier alpha value is -0.500. The topological polar surface area (TPSA) is 66.4 Å². The predicted octanol–water partition coefficient (Wildman–Crippen LogP) is 4.63. The van der Waals surface area contributed by atoms with Gasteiger partial charge < -0.3 is 28.8 Å². The normalized spacial score (nSPS) is 29.2. The van der Waals surface area contributed by atoms with Crippen LogP contribution in [0.2, 0.25) is 0 Å². The van der Waals surface area contributed by atoms with Crippen LogP contribution in [0.1, 0.15) is 79.1 Å². The Morgan fingerprint density at radius 1 is 0.800 bits per heavy atom. The smallest absolute Gasteiger partial charge is 0.215 e. The van der Waals surface area contributed by atoms with E-state index >= 15 is 0 Å². The van der Waals surface area contributed by atoms with E-state index < -0.39 is 24.1 Å². The van der Waals surface area contributed by atoms with Crippen LogP contribution >= 0.6 is 0 Å². The largest absolute Gasteiger partial charge is 0.379 e. The second-order valence-corrected chi connectivity index (χ2v) is 8.06. The molecule has 5 atom stereocenters. The lowest BCUT2D eigenvalue weighted by molar-refractivity contribution is -0.347. The van der Waals surface area contributed by atoms with Gasteiger partial charge in [0.15, 0.2) is 0 Å². The summed E-state index contributed by atoms with van der Waals surface area (Å²) in [6.45, 7) is 15.0. The Morgan fingerprint density at radius 3 is 1.83 bits per heavy atom. The molecule has 0 aromatic heterocycles. The standard InChI is InChI=1S/C24H46O6/c1-6-11-15-26-19-20-21(27-16-12-7-2)22(28-17-13-8-3)23(29-18-14-9-4)24(25,10-5)30-20/h10,20-23,25H,5-9,11-19H2,1-4H3/t20?,21-,22+,23?,24+/m1/s1. The zero-order valence-corrected chi connectivity index (χ0v) is 19.8. The minimum Gasteiger partial charge on any atom is -0.379 e. The van der Waals surface area contributed by atoms with Crippen molar-refractivity contribution in [2.24, 2.45) is 0 Å². The second-order valence-electron chi connectivity index (χ2n) is 8.06. The van der Waals surface area contributed by atoms with E-state index in [4.69, 9.17) is 23.7 Å². The van der Waals surface area contributed by atoms with Crippen LogP contribution in [0.25, 0.3) is 0 Å². The van der Waals surface area contributed by atoms with Gasteiger partial charge in [-0.05, 0) is 31.8 Å². The molecule has 0 spiro atoms. The van der Waals surface area contributed by atoms with E-state index in [2.05, 4.69) is 34.3 Å². The number of ether oxygens (including phenoxy) is 5. The number of unbranched alkanes of at least 4 members (excludes halogenated alkanes) is 4. The molecule has 0 bridgehead atoms. The molecule has 6 nitrogen and oxygen atoms in total. The van der Waals surface area contributed by atoms with Gasteiger partial charge in [-0.2, -0.15) is 0 Å². The molecule has 178 valence electrons. The maximum Gasteiger partial charge on any atom is 0.215 e. The molecule has 1 aliphatic heterocycles. The molecule has 0 aromatic carbocycles. The van der Waals surface area contributed by atoms with Crippen LogP contribution in [0.4, 0.5) is 0 Å². The van der Waals surface area contributed by atoms with E-state index in [0.29, 0.717) is 33.0 Å². The molecule has 0 aliphatic carbocycles. The van der Waals surface area contributed by atoms with Crippen LogP contribution in [0.15, 0.2) is 12.7 Å². The van der Waals surface area contributed by atoms with Crippen molar-refractivity contribution in [2.45, 2.75) is 109 Å². The summed E-state index contributed by atoms with van der Waals surface area (Å²) in [5.74, 6) is -1.64. The fraction of sp³-hybridized carbons (Fsp3) is 0.917. The fourth-order valence-corrected chi connectivity index (χ4v) is 3.42. The van der Waals surface area contributed by atoms with Gasteiger partial charge in [-0.1, -0.05) is 60.0 Å². The Kier molecular flexibility index (Phi) is 14.8. The summed E-state index contributed by atoms with van der Waals surface area (Å²) in [5.41, 5.74) is 0. The van der Waals surface area contributed by atoms with Gasteiger partial charge in [0.1, 0.15) is 24.4 Å². The fourth-order valence-electron chi connectivity index (χ4n) is 3.42. The zero-order chi connectivity index (χ0) is 22.2. The number of rotatable bonds is 18. The van der Waals surface area contributed by atoms with Crippen molar-refractivity contribution < 1.29 is 28.8 Å². The highest BCUT2D eigenvalue weighted by atomic mass is 16.7. The van der Waals surface area contributed by atoms with E-state index in [1.165, 1.54) is 6.08 Å². The Balaban J connectivity index is 3.07. The van der Waals surface area contributed by atoms with Crippen LogP contribution in [-0.4, -0.2) is 68.3 Å². The third kappa shape index (κ3) is 8.93. The average Bonchev–Trinajstić information content (AvgIpc) is 2.75. The van der Waals surface area contributed by atoms with Crippen LogP contribution < -0.4 is 0 Å². The summed E-state index contributed by atoms with van der Waals surface area (Å²) in [6, 6.07) is 0. The number of hydrogen-bond donors (Lipinski definition) is 1. The third-order valence-electron chi connectivity index (χ3n) is 5.36. The molecule has 2 unspecified atom stereocenters. The minimum absolute atomic E-state index is 0.336. The first-order valence-corrected chi connectivity index (χ1v) is 12.0. The lowest BCUT2D eigenvalue weighted by Gasteiger charge is -2.49. The van der Waals surface area contributed by atoms with Crippen LogP contribution in [0.3, 0.4) is 0 Å². The van der Waals surface area contributed by atoms with Crippen molar-refractivity contribution in [3.63, 3.8) is 0 Å². The van der Waals surface area contributed by atoms with Gasteiger partial charge in [-0.3, -0.25) is 0 Å². The van der Waals surface area contributed by atoms with Gasteiger partial charge >= 0.3 is 0 Å². The highest BCUT2D eigenvalue weighted by Gasteiger charge is 2.54.